The minimum atomic E-state index is -0.718. The van der Waals surface area contributed by atoms with Gasteiger partial charge in [0.15, 0.2) is 11.6 Å². The molecule has 20 heavy (non-hydrogen) atoms. The van der Waals surface area contributed by atoms with Gasteiger partial charge >= 0.3 is 0 Å². The van der Waals surface area contributed by atoms with Gasteiger partial charge in [-0.25, -0.2) is 8.78 Å². The van der Waals surface area contributed by atoms with Gasteiger partial charge in [-0.2, -0.15) is 0 Å². The first-order chi connectivity index (χ1) is 9.69. The van der Waals surface area contributed by atoms with E-state index in [0.717, 1.165) is 21.9 Å². The number of benzene rings is 1. The second-order valence-electron chi connectivity index (χ2n) is 3.90. The number of aliphatic hydroxyl groups is 1. The molecule has 1 aromatic carbocycles. The van der Waals surface area contributed by atoms with Crippen molar-refractivity contribution < 1.29 is 18.6 Å². The summed E-state index contributed by atoms with van der Waals surface area (Å²) in [4.78, 5) is 1.75. The summed E-state index contributed by atoms with van der Waals surface area (Å²) < 4.78 is 31.4. The van der Waals surface area contributed by atoms with Crippen LogP contribution in [0.3, 0.4) is 0 Å². The van der Waals surface area contributed by atoms with Crippen LogP contribution in [0, 0.1) is 23.5 Å². The molecule has 0 fully saturated rings. The quantitative estimate of drug-likeness (QED) is 0.876. The van der Waals surface area contributed by atoms with Crippen LogP contribution in [0.25, 0.3) is 0 Å². The fraction of sp³-hybridized carbons (Fsp3) is 0.200. The molecule has 104 valence electrons. The molecule has 0 bridgehead atoms. The summed E-state index contributed by atoms with van der Waals surface area (Å²) in [5.74, 6) is 4.41. The number of thiophene rings is 1. The van der Waals surface area contributed by atoms with E-state index in [1.165, 1.54) is 17.4 Å². The Morgan fingerprint density at radius 1 is 1.20 bits per heavy atom. The van der Waals surface area contributed by atoms with E-state index in [2.05, 4.69) is 11.8 Å². The zero-order valence-electron chi connectivity index (χ0n) is 10.5. The SMILES string of the molecule is OCCC#Cc1ccc(COc2ccc(F)cc2F)s1. The van der Waals surface area contributed by atoms with Crippen molar-refractivity contribution in [2.24, 2.45) is 0 Å². The molecule has 0 aliphatic carbocycles. The Morgan fingerprint density at radius 3 is 2.80 bits per heavy atom. The molecule has 2 nitrogen and oxygen atoms in total. The van der Waals surface area contributed by atoms with Crippen LogP contribution in [0.5, 0.6) is 5.75 Å². The molecular formula is C15H12F2O2S. The van der Waals surface area contributed by atoms with Crippen molar-refractivity contribution in [2.45, 2.75) is 13.0 Å². The van der Waals surface area contributed by atoms with Gasteiger partial charge in [0, 0.05) is 17.4 Å². The van der Waals surface area contributed by atoms with Crippen molar-refractivity contribution in [3.8, 4) is 17.6 Å². The molecule has 1 heterocycles. The van der Waals surface area contributed by atoms with Gasteiger partial charge in [-0.1, -0.05) is 11.8 Å². The van der Waals surface area contributed by atoms with Crippen molar-refractivity contribution in [3.05, 3.63) is 51.7 Å². The Labute approximate surface area is 119 Å². The molecule has 5 heteroatoms. The zero-order chi connectivity index (χ0) is 14.4. The lowest BCUT2D eigenvalue weighted by atomic mass is 10.3. The molecule has 0 aliphatic heterocycles. The number of ether oxygens (including phenoxy) is 1. The Morgan fingerprint density at radius 2 is 2.05 bits per heavy atom. The third-order valence-electron chi connectivity index (χ3n) is 2.37. The largest absolute Gasteiger partial charge is 0.485 e. The first-order valence-electron chi connectivity index (χ1n) is 5.95. The van der Waals surface area contributed by atoms with E-state index in [9.17, 15) is 8.78 Å². The molecule has 1 N–H and O–H groups in total. The van der Waals surface area contributed by atoms with Gasteiger partial charge in [0.25, 0.3) is 0 Å². The summed E-state index contributed by atoms with van der Waals surface area (Å²) in [5, 5.41) is 8.62. The van der Waals surface area contributed by atoms with Gasteiger partial charge in [0.2, 0.25) is 0 Å². The third-order valence-corrected chi connectivity index (χ3v) is 3.35. The van der Waals surface area contributed by atoms with Gasteiger partial charge in [0.1, 0.15) is 12.4 Å². The van der Waals surface area contributed by atoms with Crippen LogP contribution < -0.4 is 4.74 Å². The standard InChI is InChI=1S/C15H12F2O2S/c16-11-4-7-15(14(17)9-11)19-10-13-6-5-12(20-13)3-1-2-8-18/h4-7,9,18H,2,8,10H2. The Balaban J connectivity index is 1.96. The van der Waals surface area contributed by atoms with Crippen LogP contribution in [0.1, 0.15) is 16.2 Å². The Kier molecular flexibility index (Phi) is 5.10. The Bertz CT molecular complexity index is 641. The van der Waals surface area contributed by atoms with Crippen LogP contribution in [-0.4, -0.2) is 11.7 Å². The van der Waals surface area contributed by atoms with Gasteiger partial charge in [-0.05, 0) is 24.3 Å². The predicted octanol–water partition coefficient (Wildman–Crippen LogP) is 3.34. The Hall–Kier alpha value is -1.90. The third kappa shape index (κ3) is 4.05. The van der Waals surface area contributed by atoms with Crippen LogP contribution in [0.4, 0.5) is 8.78 Å². The van der Waals surface area contributed by atoms with Crippen molar-refractivity contribution in [1.82, 2.24) is 0 Å². The second-order valence-corrected chi connectivity index (χ2v) is 5.07. The predicted molar refractivity (Wildman–Crippen MR) is 73.6 cm³/mol. The maximum atomic E-state index is 13.4. The molecular weight excluding hydrogens is 282 g/mol. The molecule has 1 aromatic heterocycles. The minimum absolute atomic E-state index is 0.0210. The number of halogens is 2. The van der Waals surface area contributed by atoms with E-state index in [-0.39, 0.29) is 19.0 Å². The van der Waals surface area contributed by atoms with E-state index < -0.39 is 11.6 Å². The molecule has 0 unspecified atom stereocenters. The highest BCUT2D eigenvalue weighted by Crippen LogP contribution is 2.21. The van der Waals surface area contributed by atoms with E-state index >= 15 is 0 Å². The van der Waals surface area contributed by atoms with Crippen LogP contribution in [0.15, 0.2) is 30.3 Å². The topological polar surface area (TPSA) is 29.5 Å². The summed E-state index contributed by atoms with van der Waals surface area (Å²) in [7, 11) is 0. The van der Waals surface area contributed by atoms with Gasteiger partial charge < -0.3 is 9.84 Å². The van der Waals surface area contributed by atoms with E-state index in [1.807, 2.05) is 12.1 Å². The number of aliphatic hydroxyl groups excluding tert-OH is 1. The van der Waals surface area contributed by atoms with Crippen LogP contribution >= 0.6 is 11.3 Å². The number of hydrogen-bond donors (Lipinski definition) is 1. The molecule has 0 saturated carbocycles. The lowest BCUT2D eigenvalue weighted by molar-refractivity contribution is 0.292. The average Bonchev–Trinajstić information content (AvgIpc) is 2.86. The van der Waals surface area contributed by atoms with Crippen LogP contribution in [-0.2, 0) is 6.61 Å². The molecule has 0 aliphatic rings. The van der Waals surface area contributed by atoms with E-state index in [1.54, 1.807) is 0 Å². The second kappa shape index (κ2) is 7.04. The normalized spacial score (nSPS) is 9.95. The molecule has 0 amide bonds. The number of hydrogen-bond acceptors (Lipinski definition) is 3. The van der Waals surface area contributed by atoms with Gasteiger partial charge in [-0.3, -0.25) is 0 Å². The van der Waals surface area contributed by atoms with Crippen molar-refractivity contribution >= 4 is 11.3 Å². The summed E-state index contributed by atoms with van der Waals surface area (Å²) >= 11 is 1.43. The first-order valence-corrected chi connectivity index (χ1v) is 6.77. The highest BCUT2D eigenvalue weighted by atomic mass is 32.1. The summed E-state index contributed by atoms with van der Waals surface area (Å²) in [6.07, 6.45) is 0.435. The smallest absolute Gasteiger partial charge is 0.167 e. The van der Waals surface area contributed by atoms with Crippen molar-refractivity contribution in [2.75, 3.05) is 6.61 Å². The van der Waals surface area contributed by atoms with Gasteiger partial charge in [-0.15, -0.1) is 11.3 Å². The van der Waals surface area contributed by atoms with Crippen molar-refractivity contribution in [1.29, 1.82) is 0 Å². The minimum Gasteiger partial charge on any atom is -0.485 e. The first kappa shape index (κ1) is 14.5. The lowest BCUT2D eigenvalue weighted by Crippen LogP contribution is -1.95. The maximum Gasteiger partial charge on any atom is 0.167 e. The molecule has 0 saturated heterocycles. The molecule has 2 aromatic rings. The lowest BCUT2D eigenvalue weighted by Gasteiger charge is -2.05. The fourth-order valence-electron chi connectivity index (χ4n) is 1.47. The summed E-state index contributed by atoms with van der Waals surface area (Å²) in [6.45, 7) is 0.243. The highest BCUT2D eigenvalue weighted by Gasteiger charge is 2.06. The maximum absolute atomic E-state index is 13.4. The van der Waals surface area contributed by atoms with Crippen LogP contribution in [0.2, 0.25) is 0 Å². The molecule has 0 spiro atoms. The molecule has 0 radical (unpaired) electrons. The highest BCUT2D eigenvalue weighted by molar-refractivity contribution is 7.12. The average molecular weight is 294 g/mol. The monoisotopic (exact) mass is 294 g/mol. The molecule has 0 atom stereocenters. The zero-order valence-corrected chi connectivity index (χ0v) is 11.3. The van der Waals surface area contributed by atoms with Gasteiger partial charge in [0.05, 0.1) is 11.5 Å². The fourth-order valence-corrected chi connectivity index (χ4v) is 2.27. The number of rotatable bonds is 4. The van der Waals surface area contributed by atoms with E-state index in [0.29, 0.717) is 6.42 Å². The summed E-state index contributed by atoms with van der Waals surface area (Å²) in [6, 6.07) is 6.89. The summed E-state index contributed by atoms with van der Waals surface area (Å²) in [5.41, 5.74) is 0. The van der Waals surface area contributed by atoms with Crippen molar-refractivity contribution in [3.63, 3.8) is 0 Å². The molecule has 2 rings (SSSR count). The van der Waals surface area contributed by atoms with E-state index in [4.69, 9.17) is 9.84 Å².